The molecule has 0 bridgehead atoms. The second kappa shape index (κ2) is 6.29. The molecule has 1 aromatic rings. The summed E-state index contributed by atoms with van der Waals surface area (Å²) in [6.07, 6.45) is 2.05. The van der Waals surface area contributed by atoms with Crippen LogP contribution in [0.3, 0.4) is 0 Å². The first-order valence-electron chi connectivity index (χ1n) is 6.22. The van der Waals surface area contributed by atoms with Crippen molar-refractivity contribution in [1.29, 1.82) is 0 Å². The zero-order valence-electron chi connectivity index (χ0n) is 11.8. The molecule has 0 aromatic heterocycles. The van der Waals surface area contributed by atoms with E-state index >= 15 is 0 Å². The molecule has 0 heterocycles. The Hall–Kier alpha value is -0.210. The van der Waals surface area contributed by atoms with Gasteiger partial charge in [0.2, 0.25) is 0 Å². The molecule has 0 N–H and O–H groups in total. The fourth-order valence-corrected chi connectivity index (χ4v) is 2.45. The van der Waals surface area contributed by atoms with E-state index in [4.69, 9.17) is 16.3 Å². The molecule has 0 aliphatic rings. The number of rotatable bonds is 4. The lowest BCUT2D eigenvalue weighted by molar-refractivity contribution is 0.359. The van der Waals surface area contributed by atoms with Crippen LogP contribution in [0.2, 0.25) is 0 Å². The number of benzene rings is 1. The average molecular weight is 334 g/mol. The van der Waals surface area contributed by atoms with Crippen LogP contribution < -0.4 is 4.74 Å². The normalized spacial score (nSPS) is 13.5. The summed E-state index contributed by atoms with van der Waals surface area (Å²) in [5.41, 5.74) is 2.54. The van der Waals surface area contributed by atoms with Crippen molar-refractivity contribution in [2.45, 2.75) is 45.9 Å². The molecule has 1 nitrogen and oxygen atoms in total. The number of hydrogen-bond donors (Lipinski definition) is 0. The smallest absolute Gasteiger partial charge is 0.123 e. The number of halogens is 2. The van der Waals surface area contributed by atoms with Gasteiger partial charge in [-0.2, -0.15) is 0 Å². The molecule has 1 aromatic carbocycles. The Kier molecular flexibility index (Phi) is 5.54. The van der Waals surface area contributed by atoms with E-state index in [0.29, 0.717) is 5.41 Å². The zero-order chi connectivity index (χ0) is 13.9. The van der Waals surface area contributed by atoms with E-state index < -0.39 is 0 Å². The summed E-state index contributed by atoms with van der Waals surface area (Å²) in [5, 5.41) is -0.00363. The molecule has 1 rings (SSSR count). The van der Waals surface area contributed by atoms with Crippen LogP contribution in [0.15, 0.2) is 16.6 Å². The van der Waals surface area contributed by atoms with Gasteiger partial charge in [-0.15, -0.1) is 11.6 Å². The number of methoxy groups -OCH3 is 1. The molecular formula is C15H22BrClO. The van der Waals surface area contributed by atoms with Crippen LogP contribution >= 0.6 is 27.5 Å². The molecule has 0 aliphatic heterocycles. The van der Waals surface area contributed by atoms with Crippen LogP contribution in [0.1, 0.15) is 50.1 Å². The third-order valence-electron chi connectivity index (χ3n) is 3.00. The lowest BCUT2D eigenvalue weighted by Crippen LogP contribution is -2.07. The van der Waals surface area contributed by atoms with E-state index in [0.717, 1.165) is 34.2 Å². The Morgan fingerprint density at radius 1 is 1.33 bits per heavy atom. The molecule has 3 heteroatoms. The van der Waals surface area contributed by atoms with Crippen molar-refractivity contribution in [1.82, 2.24) is 0 Å². The Balaban J connectivity index is 2.91. The highest BCUT2D eigenvalue weighted by Crippen LogP contribution is 2.38. The van der Waals surface area contributed by atoms with Gasteiger partial charge in [-0.25, -0.2) is 0 Å². The molecule has 1 atom stereocenters. The minimum absolute atomic E-state index is 0.00363. The van der Waals surface area contributed by atoms with Crippen LogP contribution in [0.25, 0.3) is 0 Å². The fourth-order valence-electron chi connectivity index (χ4n) is 1.81. The Morgan fingerprint density at radius 2 is 1.94 bits per heavy atom. The van der Waals surface area contributed by atoms with Crippen molar-refractivity contribution in [3.05, 3.63) is 27.7 Å². The van der Waals surface area contributed by atoms with Crippen molar-refractivity contribution in [3.8, 4) is 5.75 Å². The maximum Gasteiger partial charge on any atom is 0.123 e. The molecule has 102 valence electrons. The number of aryl methyl sites for hydroxylation is 1. The van der Waals surface area contributed by atoms with E-state index in [2.05, 4.69) is 49.7 Å². The van der Waals surface area contributed by atoms with Gasteiger partial charge in [0.05, 0.1) is 12.5 Å². The summed E-state index contributed by atoms with van der Waals surface area (Å²) < 4.78 is 6.51. The van der Waals surface area contributed by atoms with Crippen LogP contribution in [0, 0.1) is 12.3 Å². The lowest BCUT2D eigenvalue weighted by Gasteiger charge is -2.21. The third kappa shape index (κ3) is 4.47. The molecule has 0 amide bonds. The first kappa shape index (κ1) is 15.8. The predicted molar refractivity (Wildman–Crippen MR) is 82.7 cm³/mol. The second-order valence-corrected chi connectivity index (χ2v) is 7.29. The van der Waals surface area contributed by atoms with Crippen molar-refractivity contribution >= 4 is 27.5 Å². The summed E-state index contributed by atoms with van der Waals surface area (Å²) >= 11 is 10.1. The van der Waals surface area contributed by atoms with Crippen molar-refractivity contribution in [2.75, 3.05) is 7.11 Å². The maximum absolute atomic E-state index is 6.52. The van der Waals surface area contributed by atoms with Crippen molar-refractivity contribution in [3.63, 3.8) is 0 Å². The lowest BCUT2D eigenvalue weighted by atomic mass is 9.88. The van der Waals surface area contributed by atoms with Gasteiger partial charge in [0.1, 0.15) is 5.75 Å². The molecule has 0 saturated carbocycles. The van der Waals surface area contributed by atoms with Crippen LogP contribution in [0.5, 0.6) is 5.75 Å². The molecule has 18 heavy (non-hydrogen) atoms. The predicted octanol–water partition coefficient (Wildman–Crippen LogP) is 5.87. The van der Waals surface area contributed by atoms with Gasteiger partial charge in [-0.3, -0.25) is 0 Å². The van der Waals surface area contributed by atoms with Crippen LogP contribution in [-0.4, -0.2) is 7.11 Å². The first-order valence-corrected chi connectivity index (χ1v) is 7.45. The highest BCUT2D eigenvalue weighted by atomic mass is 79.9. The van der Waals surface area contributed by atoms with Gasteiger partial charge < -0.3 is 4.74 Å². The summed E-state index contributed by atoms with van der Waals surface area (Å²) in [4.78, 5) is 0. The van der Waals surface area contributed by atoms with E-state index in [1.54, 1.807) is 7.11 Å². The summed E-state index contributed by atoms with van der Waals surface area (Å²) in [6.45, 7) is 8.76. The van der Waals surface area contributed by atoms with E-state index in [1.165, 1.54) is 0 Å². The minimum Gasteiger partial charge on any atom is -0.496 e. The molecule has 0 fully saturated rings. The number of ether oxygens (including phenoxy) is 1. The largest absolute Gasteiger partial charge is 0.496 e. The van der Waals surface area contributed by atoms with Crippen molar-refractivity contribution < 1.29 is 4.74 Å². The summed E-state index contributed by atoms with van der Waals surface area (Å²) in [6, 6.07) is 4.11. The maximum atomic E-state index is 6.52. The Bertz CT molecular complexity index is 410. The zero-order valence-corrected chi connectivity index (χ0v) is 14.2. The summed E-state index contributed by atoms with van der Waals surface area (Å²) in [7, 11) is 1.69. The standard InChI is InChI=1S/C15H22BrClO/c1-10-8-14(18-5)11(9-12(10)16)13(17)6-7-15(2,3)4/h8-9,13H,6-7H2,1-5H3. The van der Waals surface area contributed by atoms with Gasteiger partial charge >= 0.3 is 0 Å². The minimum atomic E-state index is -0.00363. The van der Waals surface area contributed by atoms with Gasteiger partial charge in [0.15, 0.2) is 0 Å². The average Bonchev–Trinajstić information content (AvgIpc) is 2.28. The Labute approximate surface area is 124 Å². The van der Waals surface area contributed by atoms with Crippen LogP contribution in [-0.2, 0) is 0 Å². The number of hydrogen-bond acceptors (Lipinski definition) is 1. The van der Waals surface area contributed by atoms with E-state index in [-0.39, 0.29) is 5.38 Å². The fraction of sp³-hybridized carbons (Fsp3) is 0.600. The summed E-state index contributed by atoms with van der Waals surface area (Å²) in [5.74, 6) is 0.879. The van der Waals surface area contributed by atoms with Gasteiger partial charge in [-0.1, -0.05) is 36.7 Å². The second-order valence-electron chi connectivity index (χ2n) is 5.91. The molecule has 1 unspecified atom stereocenters. The highest BCUT2D eigenvalue weighted by molar-refractivity contribution is 9.10. The monoisotopic (exact) mass is 332 g/mol. The molecule has 0 aliphatic carbocycles. The van der Waals surface area contributed by atoms with E-state index in [9.17, 15) is 0 Å². The highest BCUT2D eigenvalue weighted by Gasteiger charge is 2.18. The number of alkyl halides is 1. The van der Waals surface area contributed by atoms with Gasteiger partial charge in [-0.05, 0) is 42.9 Å². The molecule has 0 radical (unpaired) electrons. The van der Waals surface area contributed by atoms with Gasteiger partial charge in [0.25, 0.3) is 0 Å². The third-order valence-corrected chi connectivity index (χ3v) is 4.30. The van der Waals surface area contributed by atoms with E-state index in [1.807, 2.05) is 6.07 Å². The quantitative estimate of drug-likeness (QED) is 0.626. The Morgan fingerprint density at radius 3 is 2.44 bits per heavy atom. The molecule has 0 saturated heterocycles. The topological polar surface area (TPSA) is 9.23 Å². The first-order chi connectivity index (χ1) is 8.24. The SMILES string of the molecule is COc1cc(C)c(Br)cc1C(Cl)CCC(C)(C)C. The van der Waals surface area contributed by atoms with Gasteiger partial charge in [0, 0.05) is 10.0 Å². The molecule has 0 spiro atoms. The molecular weight excluding hydrogens is 312 g/mol. The van der Waals surface area contributed by atoms with Crippen LogP contribution in [0.4, 0.5) is 0 Å². The van der Waals surface area contributed by atoms with Crippen molar-refractivity contribution in [2.24, 2.45) is 5.41 Å².